The van der Waals surface area contributed by atoms with E-state index in [0.717, 1.165) is 19.3 Å². The van der Waals surface area contributed by atoms with Crippen LogP contribution in [0.25, 0.3) is 0 Å². The molecule has 3 rings (SSSR count). The second-order valence-corrected chi connectivity index (χ2v) is 10.2. The molecule has 11 heteroatoms. The third-order valence-corrected chi connectivity index (χ3v) is 7.53. The van der Waals surface area contributed by atoms with Crippen molar-refractivity contribution in [2.75, 3.05) is 30.8 Å². The van der Waals surface area contributed by atoms with Crippen LogP contribution in [0.4, 0.5) is 20.2 Å². The van der Waals surface area contributed by atoms with Crippen molar-refractivity contribution >= 4 is 50.5 Å². The van der Waals surface area contributed by atoms with Crippen LogP contribution in [-0.2, 0) is 10.0 Å². The van der Waals surface area contributed by atoms with Gasteiger partial charge in [-0.05, 0) is 67.5 Å². The molecule has 0 spiro atoms. The van der Waals surface area contributed by atoms with E-state index in [1.54, 1.807) is 30.3 Å². The van der Waals surface area contributed by atoms with Crippen LogP contribution >= 0.6 is 24.0 Å². The Morgan fingerprint density at radius 2 is 1.77 bits per heavy atom. The first-order chi connectivity index (χ1) is 14.8. The zero-order valence-electron chi connectivity index (χ0n) is 16.8. The number of ether oxygens (including phenoxy) is 1. The molecule has 31 heavy (non-hydrogen) atoms. The minimum atomic E-state index is -3.61. The number of hydrogen-bond donors (Lipinski definition) is 2. The highest BCUT2D eigenvalue weighted by atomic mass is 32.2. The smallest absolute Gasteiger partial charge is 0.288 e. The number of methoxy groups -OCH3 is 1. The van der Waals surface area contributed by atoms with Gasteiger partial charge in [0.2, 0.25) is 10.0 Å². The summed E-state index contributed by atoms with van der Waals surface area (Å²) in [7, 11) is -2.13. The molecule has 0 bridgehead atoms. The van der Waals surface area contributed by atoms with Crippen LogP contribution < -0.4 is 15.4 Å². The highest BCUT2D eigenvalue weighted by molar-refractivity contribution is 7.99. The van der Waals surface area contributed by atoms with Gasteiger partial charge in [0.1, 0.15) is 5.75 Å². The summed E-state index contributed by atoms with van der Waals surface area (Å²) in [6, 6.07) is 11.0. The van der Waals surface area contributed by atoms with E-state index in [-0.39, 0.29) is 10.0 Å². The van der Waals surface area contributed by atoms with Crippen LogP contribution in [0.1, 0.15) is 19.3 Å². The van der Waals surface area contributed by atoms with Crippen molar-refractivity contribution in [1.29, 1.82) is 0 Å². The molecule has 0 amide bonds. The van der Waals surface area contributed by atoms with Crippen LogP contribution in [0, 0.1) is 0 Å². The Morgan fingerprint density at radius 1 is 1.10 bits per heavy atom. The summed E-state index contributed by atoms with van der Waals surface area (Å²) in [4.78, 5) is 0.602. The molecule has 2 aromatic carbocycles. The van der Waals surface area contributed by atoms with Gasteiger partial charge in [0.15, 0.2) is 5.11 Å². The number of nitrogens with zero attached hydrogens (tertiary/aromatic N) is 1. The van der Waals surface area contributed by atoms with E-state index in [1.807, 2.05) is 0 Å². The number of anilines is 2. The van der Waals surface area contributed by atoms with Crippen molar-refractivity contribution in [1.82, 2.24) is 4.31 Å². The number of thioether (sulfide) groups is 1. The molecule has 6 nitrogen and oxygen atoms in total. The SMILES string of the molecule is COc1ccc(S(=O)(=O)N2CCCCC2)cc1NC(=S)Nc1ccc(SC(F)F)cc1. The molecule has 1 aliphatic rings. The number of benzene rings is 2. The maximum atomic E-state index is 13.0. The van der Waals surface area contributed by atoms with Gasteiger partial charge in [-0.1, -0.05) is 18.2 Å². The number of hydrogen-bond acceptors (Lipinski definition) is 5. The summed E-state index contributed by atoms with van der Waals surface area (Å²) in [5.74, 6) is -2.05. The first kappa shape index (κ1) is 23.7. The molecule has 168 valence electrons. The molecule has 0 saturated carbocycles. The number of halogens is 2. The highest BCUT2D eigenvalue weighted by Gasteiger charge is 2.26. The van der Waals surface area contributed by atoms with Gasteiger partial charge in [-0.15, -0.1) is 0 Å². The van der Waals surface area contributed by atoms with Crippen molar-refractivity contribution < 1.29 is 21.9 Å². The fourth-order valence-electron chi connectivity index (χ4n) is 3.20. The predicted molar refractivity (Wildman–Crippen MR) is 124 cm³/mol. The number of rotatable bonds is 7. The predicted octanol–water partition coefficient (Wildman–Crippen LogP) is 4.99. The first-order valence-electron chi connectivity index (χ1n) is 9.60. The van der Waals surface area contributed by atoms with E-state index in [2.05, 4.69) is 10.6 Å². The van der Waals surface area contributed by atoms with Gasteiger partial charge in [0.25, 0.3) is 5.76 Å². The molecule has 0 unspecified atom stereocenters. The van der Waals surface area contributed by atoms with Crippen LogP contribution in [0.3, 0.4) is 0 Å². The minimum absolute atomic E-state index is 0.161. The zero-order chi connectivity index (χ0) is 22.4. The summed E-state index contributed by atoms with van der Waals surface area (Å²) in [5, 5.41) is 6.12. The fourth-order valence-corrected chi connectivity index (χ4v) is 5.47. The lowest BCUT2D eigenvalue weighted by atomic mass is 10.2. The van der Waals surface area contributed by atoms with E-state index < -0.39 is 15.8 Å². The number of piperidine rings is 1. The van der Waals surface area contributed by atoms with Gasteiger partial charge in [0.05, 0.1) is 17.7 Å². The highest BCUT2D eigenvalue weighted by Crippen LogP contribution is 2.30. The Bertz CT molecular complexity index is 1010. The van der Waals surface area contributed by atoms with Gasteiger partial charge in [-0.2, -0.15) is 13.1 Å². The normalized spacial score (nSPS) is 15.0. The lowest BCUT2D eigenvalue weighted by Crippen LogP contribution is -2.35. The van der Waals surface area contributed by atoms with Gasteiger partial charge in [-0.3, -0.25) is 0 Å². The molecule has 1 heterocycles. The summed E-state index contributed by atoms with van der Waals surface area (Å²) < 4.78 is 57.7. The third kappa shape index (κ3) is 6.28. The molecular weight excluding hydrogens is 464 g/mol. The van der Waals surface area contributed by atoms with E-state index >= 15 is 0 Å². The Balaban J connectivity index is 1.74. The molecule has 0 atom stereocenters. The number of thiocarbonyl (C=S) groups is 1. The van der Waals surface area contributed by atoms with E-state index in [9.17, 15) is 17.2 Å². The molecular formula is C20H23F2N3O3S3. The molecule has 1 fully saturated rings. The average Bonchev–Trinajstić information content (AvgIpc) is 2.75. The summed E-state index contributed by atoms with van der Waals surface area (Å²) >= 11 is 5.79. The second-order valence-electron chi connectivity index (χ2n) is 6.81. The van der Waals surface area contributed by atoms with Crippen LogP contribution in [0.2, 0.25) is 0 Å². The Kier molecular flexibility index (Phi) is 8.09. The largest absolute Gasteiger partial charge is 0.495 e. The molecule has 1 aliphatic heterocycles. The fraction of sp³-hybridized carbons (Fsp3) is 0.350. The lowest BCUT2D eigenvalue weighted by molar-refractivity contribution is 0.252. The Labute approximate surface area is 190 Å². The minimum Gasteiger partial charge on any atom is -0.495 e. The molecule has 1 saturated heterocycles. The number of nitrogens with one attached hydrogen (secondary N) is 2. The number of alkyl halides is 2. The van der Waals surface area contributed by atoms with E-state index in [1.165, 1.54) is 23.5 Å². The van der Waals surface area contributed by atoms with Crippen molar-refractivity contribution in [3.8, 4) is 5.75 Å². The average molecular weight is 488 g/mol. The summed E-state index contributed by atoms with van der Waals surface area (Å²) in [6.45, 7) is 1.02. The van der Waals surface area contributed by atoms with E-state index in [0.29, 0.717) is 46.9 Å². The lowest BCUT2D eigenvalue weighted by Gasteiger charge is -2.26. The van der Waals surface area contributed by atoms with Crippen LogP contribution in [-0.4, -0.2) is 43.8 Å². The van der Waals surface area contributed by atoms with Gasteiger partial charge < -0.3 is 15.4 Å². The van der Waals surface area contributed by atoms with Crippen LogP contribution in [0.5, 0.6) is 5.75 Å². The Hall–Kier alpha value is -1.95. The van der Waals surface area contributed by atoms with Crippen molar-refractivity contribution in [2.45, 2.75) is 34.8 Å². The zero-order valence-corrected chi connectivity index (χ0v) is 19.3. The van der Waals surface area contributed by atoms with Gasteiger partial charge in [0, 0.05) is 23.7 Å². The molecule has 0 radical (unpaired) electrons. The third-order valence-electron chi connectivity index (χ3n) is 4.71. The Morgan fingerprint density at radius 3 is 2.39 bits per heavy atom. The standard InChI is InChI=1S/C20H23F2N3O3S3/c1-28-18-10-9-16(31(26,27)25-11-3-2-4-12-25)13-17(18)24-20(29)23-14-5-7-15(8-6-14)30-19(21)22/h5-10,13,19H,2-4,11-12H2,1H3,(H2,23,24,29). The summed E-state index contributed by atoms with van der Waals surface area (Å²) in [5.41, 5.74) is 1.01. The topological polar surface area (TPSA) is 70.7 Å². The second kappa shape index (κ2) is 10.6. The quantitative estimate of drug-likeness (QED) is 0.421. The first-order valence-corrected chi connectivity index (χ1v) is 12.3. The van der Waals surface area contributed by atoms with Crippen molar-refractivity contribution in [3.05, 3.63) is 42.5 Å². The van der Waals surface area contributed by atoms with Gasteiger partial charge >= 0.3 is 0 Å². The van der Waals surface area contributed by atoms with Crippen molar-refractivity contribution in [3.63, 3.8) is 0 Å². The maximum Gasteiger partial charge on any atom is 0.288 e. The van der Waals surface area contributed by atoms with E-state index in [4.69, 9.17) is 17.0 Å². The molecule has 0 aromatic heterocycles. The molecule has 2 aromatic rings. The molecule has 0 aliphatic carbocycles. The number of sulfonamides is 1. The van der Waals surface area contributed by atoms with Gasteiger partial charge in [-0.25, -0.2) is 8.42 Å². The maximum absolute atomic E-state index is 13.0. The van der Waals surface area contributed by atoms with Crippen molar-refractivity contribution in [2.24, 2.45) is 0 Å². The monoisotopic (exact) mass is 487 g/mol. The van der Waals surface area contributed by atoms with Crippen LogP contribution in [0.15, 0.2) is 52.3 Å². The summed E-state index contributed by atoms with van der Waals surface area (Å²) in [6.07, 6.45) is 2.73. The molecule has 2 N–H and O–H groups in total.